The third-order valence-electron chi connectivity index (χ3n) is 2.26. The van der Waals surface area contributed by atoms with Crippen molar-refractivity contribution in [3.05, 3.63) is 42.7 Å². The van der Waals surface area contributed by atoms with Crippen LogP contribution in [0.1, 0.15) is 0 Å². The number of benzene rings is 1. The Kier molecular flexibility index (Phi) is 2.15. The smallest absolute Gasteiger partial charge is 0.292 e. The summed E-state index contributed by atoms with van der Waals surface area (Å²) in [4.78, 5) is 7.92. The highest BCUT2D eigenvalue weighted by atomic mass is 16.5. The molecule has 2 heterocycles. The molecule has 0 fully saturated rings. The minimum atomic E-state index is 0.154. The fourth-order valence-electron chi connectivity index (χ4n) is 1.53. The van der Waals surface area contributed by atoms with Crippen LogP contribution in [0.25, 0.3) is 11.1 Å². The Morgan fingerprint density at radius 3 is 2.71 bits per heavy atom. The van der Waals surface area contributed by atoms with E-state index in [2.05, 4.69) is 9.97 Å². The fourth-order valence-corrected chi connectivity index (χ4v) is 1.53. The molecule has 0 aliphatic rings. The zero-order valence-electron chi connectivity index (χ0n) is 8.83. The summed E-state index contributed by atoms with van der Waals surface area (Å²) in [7, 11) is 0. The summed E-state index contributed by atoms with van der Waals surface area (Å²) in [6, 6.07) is 9.06. The van der Waals surface area contributed by atoms with Crippen molar-refractivity contribution in [2.24, 2.45) is 0 Å². The lowest BCUT2D eigenvalue weighted by Gasteiger charge is -2.03. The molecule has 0 spiro atoms. The van der Waals surface area contributed by atoms with Crippen LogP contribution in [0.3, 0.4) is 0 Å². The molecule has 84 valence electrons. The Hall–Kier alpha value is -2.56. The summed E-state index contributed by atoms with van der Waals surface area (Å²) in [6.45, 7) is 0. The number of nitrogens with two attached hydrogens (primary N) is 1. The van der Waals surface area contributed by atoms with Crippen molar-refractivity contribution in [2.75, 3.05) is 5.73 Å². The summed E-state index contributed by atoms with van der Waals surface area (Å²) in [5.41, 5.74) is 6.78. The molecule has 0 aliphatic heterocycles. The van der Waals surface area contributed by atoms with Gasteiger partial charge in [0.25, 0.3) is 6.01 Å². The summed E-state index contributed by atoms with van der Waals surface area (Å²) >= 11 is 0. The lowest BCUT2D eigenvalue weighted by atomic mass is 10.3. The number of anilines is 1. The number of fused-ring (bicyclic) bond motifs is 1. The van der Waals surface area contributed by atoms with Crippen molar-refractivity contribution >= 4 is 17.1 Å². The first-order valence-electron chi connectivity index (χ1n) is 5.05. The summed E-state index contributed by atoms with van der Waals surface area (Å²) < 4.78 is 10.8. The van der Waals surface area contributed by atoms with Gasteiger partial charge in [0.05, 0.1) is 0 Å². The number of nitrogens with zero attached hydrogens (tertiary/aromatic N) is 2. The second-order valence-corrected chi connectivity index (χ2v) is 3.47. The second kappa shape index (κ2) is 3.79. The van der Waals surface area contributed by atoms with Crippen LogP contribution >= 0.6 is 0 Å². The molecular formula is C12H9N3O2. The number of nitrogen functional groups attached to an aromatic ring is 1. The Labute approximate surface area is 96.9 Å². The minimum absolute atomic E-state index is 0.154. The van der Waals surface area contributed by atoms with Gasteiger partial charge in [0.1, 0.15) is 17.0 Å². The first-order valence-corrected chi connectivity index (χ1v) is 5.05. The number of oxazole rings is 1. The third-order valence-corrected chi connectivity index (χ3v) is 2.26. The highest BCUT2D eigenvalue weighted by molar-refractivity contribution is 5.75. The van der Waals surface area contributed by atoms with E-state index in [9.17, 15) is 0 Å². The number of aromatic nitrogens is 2. The quantitative estimate of drug-likeness (QED) is 0.728. The molecule has 0 amide bonds. The maximum atomic E-state index is 5.63. The van der Waals surface area contributed by atoms with E-state index in [1.807, 2.05) is 6.07 Å². The number of hydrogen-bond donors (Lipinski definition) is 1. The molecule has 0 radical (unpaired) electrons. The topological polar surface area (TPSA) is 74.2 Å². The van der Waals surface area contributed by atoms with Gasteiger partial charge in [0, 0.05) is 18.5 Å². The standard InChI is InChI=1S/C12H9N3O2/c13-12-15-10-2-1-9(7-11(10)17-12)16-8-3-5-14-6-4-8/h1-7H,(H2,13,15). The van der Waals surface area contributed by atoms with E-state index in [0.29, 0.717) is 22.6 Å². The van der Waals surface area contributed by atoms with Crippen LogP contribution in [0.4, 0.5) is 6.01 Å². The van der Waals surface area contributed by atoms with Gasteiger partial charge < -0.3 is 14.9 Å². The van der Waals surface area contributed by atoms with Gasteiger partial charge >= 0.3 is 0 Å². The van der Waals surface area contributed by atoms with Gasteiger partial charge in [0.15, 0.2) is 5.58 Å². The number of pyridine rings is 1. The molecule has 3 aromatic rings. The van der Waals surface area contributed by atoms with Crippen LogP contribution in [-0.2, 0) is 0 Å². The van der Waals surface area contributed by atoms with Crippen LogP contribution in [0.2, 0.25) is 0 Å². The molecule has 2 N–H and O–H groups in total. The van der Waals surface area contributed by atoms with Crippen molar-refractivity contribution in [1.29, 1.82) is 0 Å². The Balaban J connectivity index is 1.95. The molecule has 1 aromatic carbocycles. The zero-order valence-corrected chi connectivity index (χ0v) is 8.83. The number of hydrogen-bond acceptors (Lipinski definition) is 5. The molecule has 0 unspecified atom stereocenters. The van der Waals surface area contributed by atoms with Crippen molar-refractivity contribution in [3.8, 4) is 11.5 Å². The monoisotopic (exact) mass is 227 g/mol. The van der Waals surface area contributed by atoms with Gasteiger partial charge in [-0.25, -0.2) is 0 Å². The van der Waals surface area contributed by atoms with E-state index < -0.39 is 0 Å². The normalized spacial score (nSPS) is 10.6. The Bertz CT molecular complexity index is 649. The van der Waals surface area contributed by atoms with Gasteiger partial charge in [-0.3, -0.25) is 4.98 Å². The SMILES string of the molecule is Nc1nc2ccc(Oc3ccncc3)cc2o1. The molecule has 0 saturated heterocycles. The van der Waals surface area contributed by atoms with Gasteiger partial charge in [-0.1, -0.05) is 0 Å². The Morgan fingerprint density at radius 1 is 1.06 bits per heavy atom. The maximum Gasteiger partial charge on any atom is 0.292 e. The highest BCUT2D eigenvalue weighted by Crippen LogP contribution is 2.26. The van der Waals surface area contributed by atoms with Gasteiger partial charge in [0.2, 0.25) is 0 Å². The van der Waals surface area contributed by atoms with Crippen molar-refractivity contribution < 1.29 is 9.15 Å². The molecule has 0 aliphatic carbocycles. The fraction of sp³-hybridized carbons (Fsp3) is 0. The van der Waals surface area contributed by atoms with Gasteiger partial charge in [-0.15, -0.1) is 0 Å². The average molecular weight is 227 g/mol. The van der Waals surface area contributed by atoms with E-state index in [0.717, 1.165) is 0 Å². The van der Waals surface area contributed by atoms with E-state index in [-0.39, 0.29) is 6.01 Å². The predicted octanol–water partition coefficient (Wildman–Crippen LogP) is 2.60. The van der Waals surface area contributed by atoms with Crippen molar-refractivity contribution in [2.45, 2.75) is 0 Å². The Morgan fingerprint density at radius 2 is 1.88 bits per heavy atom. The molecule has 0 bridgehead atoms. The molecule has 2 aromatic heterocycles. The first-order chi connectivity index (χ1) is 8.31. The highest BCUT2D eigenvalue weighted by Gasteiger charge is 2.04. The summed E-state index contributed by atoms with van der Waals surface area (Å²) in [5, 5.41) is 0. The van der Waals surface area contributed by atoms with Crippen molar-refractivity contribution in [3.63, 3.8) is 0 Å². The maximum absolute atomic E-state index is 5.63. The lowest BCUT2D eigenvalue weighted by molar-refractivity contribution is 0.481. The number of rotatable bonds is 2. The van der Waals surface area contributed by atoms with Crippen molar-refractivity contribution in [1.82, 2.24) is 9.97 Å². The van der Waals surface area contributed by atoms with Crippen LogP contribution in [0.15, 0.2) is 47.1 Å². The molecular weight excluding hydrogens is 218 g/mol. The number of ether oxygens (including phenoxy) is 1. The molecule has 5 nitrogen and oxygen atoms in total. The molecule has 0 atom stereocenters. The van der Waals surface area contributed by atoms with E-state index in [4.69, 9.17) is 14.9 Å². The van der Waals surface area contributed by atoms with Crippen LogP contribution in [0.5, 0.6) is 11.5 Å². The first kappa shape index (κ1) is 9.65. The van der Waals surface area contributed by atoms with Gasteiger partial charge in [-0.05, 0) is 24.3 Å². The molecule has 17 heavy (non-hydrogen) atoms. The lowest BCUT2D eigenvalue weighted by Crippen LogP contribution is -1.83. The average Bonchev–Trinajstić information content (AvgIpc) is 2.70. The second-order valence-electron chi connectivity index (χ2n) is 3.47. The molecule has 0 saturated carbocycles. The zero-order chi connectivity index (χ0) is 11.7. The predicted molar refractivity (Wildman–Crippen MR) is 62.7 cm³/mol. The summed E-state index contributed by atoms with van der Waals surface area (Å²) in [5.74, 6) is 1.38. The molecule has 5 heteroatoms. The van der Waals surface area contributed by atoms with Crippen LogP contribution in [0, 0.1) is 0 Å². The van der Waals surface area contributed by atoms with E-state index >= 15 is 0 Å². The van der Waals surface area contributed by atoms with E-state index in [1.54, 1.807) is 36.7 Å². The van der Waals surface area contributed by atoms with Gasteiger partial charge in [-0.2, -0.15) is 4.98 Å². The molecule has 3 rings (SSSR count). The minimum Gasteiger partial charge on any atom is -0.457 e. The third kappa shape index (κ3) is 1.90. The van der Waals surface area contributed by atoms with E-state index in [1.165, 1.54) is 0 Å². The van der Waals surface area contributed by atoms with Crippen LogP contribution in [-0.4, -0.2) is 9.97 Å². The summed E-state index contributed by atoms with van der Waals surface area (Å²) in [6.07, 6.45) is 3.33. The van der Waals surface area contributed by atoms with Crippen LogP contribution < -0.4 is 10.5 Å². The largest absolute Gasteiger partial charge is 0.457 e.